The molecule has 0 saturated heterocycles. The summed E-state index contributed by atoms with van der Waals surface area (Å²) in [4.78, 5) is 18.2. The first kappa shape index (κ1) is 31.1. The van der Waals surface area contributed by atoms with Gasteiger partial charge in [-0.05, 0) is 96.6 Å². The molecule has 0 fully saturated rings. The van der Waals surface area contributed by atoms with E-state index in [9.17, 15) is 4.79 Å². The van der Waals surface area contributed by atoms with Gasteiger partial charge in [0.25, 0.3) is 5.91 Å². The Morgan fingerprint density at radius 3 is 2.31 bits per heavy atom. The molecule has 0 unspecified atom stereocenters. The number of hydrogen-bond donors (Lipinski definition) is 1. The molecule has 1 heterocycles. The quantitative estimate of drug-likeness (QED) is 0.164. The van der Waals surface area contributed by atoms with Crippen LogP contribution in [-0.4, -0.2) is 28.6 Å². The predicted molar refractivity (Wildman–Crippen MR) is 174 cm³/mol. The highest BCUT2D eigenvalue weighted by atomic mass is 16.5. The number of pyridine rings is 1. The number of hydrogen-bond acceptors (Lipinski definition) is 4. The van der Waals surface area contributed by atoms with Crippen molar-refractivity contribution in [1.29, 1.82) is 0 Å². The maximum absolute atomic E-state index is 13.4. The Morgan fingerprint density at radius 1 is 0.833 bits per heavy atom. The Hall–Kier alpha value is -3.86. The SMILES string of the molecule is CCC(C)(C)Oc1ccc(CCCCNC(=O)c2cc(-c3cccc(C)c3)nc3ccccc23)c(OC(C)(C)CC)c1. The van der Waals surface area contributed by atoms with Crippen molar-refractivity contribution in [3.63, 3.8) is 0 Å². The molecule has 1 amide bonds. The summed E-state index contributed by atoms with van der Waals surface area (Å²) in [5.74, 6) is 1.63. The molecule has 0 radical (unpaired) electrons. The van der Waals surface area contributed by atoms with Crippen LogP contribution >= 0.6 is 0 Å². The lowest BCUT2D eigenvalue weighted by Gasteiger charge is -2.29. The third-order valence-corrected chi connectivity index (χ3v) is 7.96. The van der Waals surface area contributed by atoms with Crippen LogP contribution in [0.3, 0.4) is 0 Å². The number of unbranched alkanes of at least 4 members (excludes halogenated alkanes) is 1. The van der Waals surface area contributed by atoms with Crippen LogP contribution in [0, 0.1) is 6.92 Å². The average molecular weight is 567 g/mol. The van der Waals surface area contributed by atoms with Gasteiger partial charge in [-0.25, -0.2) is 4.98 Å². The molecule has 0 aliphatic rings. The first-order valence-corrected chi connectivity index (χ1v) is 15.3. The summed E-state index contributed by atoms with van der Waals surface area (Å²) >= 11 is 0. The molecule has 0 atom stereocenters. The van der Waals surface area contributed by atoms with E-state index in [1.165, 1.54) is 0 Å². The van der Waals surface area contributed by atoms with E-state index in [2.05, 4.69) is 72.0 Å². The summed E-state index contributed by atoms with van der Waals surface area (Å²) < 4.78 is 12.7. The third kappa shape index (κ3) is 8.12. The van der Waals surface area contributed by atoms with Crippen molar-refractivity contribution in [2.75, 3.05) is 6.54 Å². The number of rotatable bonds is 13. The van der Waals surface area contributed by atoms with Crippen LogP contribution in [0.4, 0.5) is 0 Å². The smallest absolute Gasteiger partial charge is 0.252 e. The van der Waals surface area contributed by atoms with Crippen molar-refractivity contribution in [3.8, 4) is 22.8 Å². The molecule has 0 saturated carbocycles. The second-order valence-electron chi connectivity index (χ2n) is 12.4. The van der Waals surface area contributed by atoms with Gasteiger partial charge in [0.1, 0.15) is 22.7 Å². The second kappa shape index (κ2) is 13.4. The lowest BCUT2D eigenvalue weighted by molar-refractivity contribution is 0.0942. The molecule has 4 rings (SSSR count). The van der Waals surface area contributed by atoms with Gasteiger partial charge in [-0.2, -0.15) is 0 Å². The van der Waals surface area contributed by atoms with Gasteiger partial charge in [0, 0.05) is 23.6 Å². The summed E-state index contributed by atoms with van der Waals surface area (Å²) in [6.45, 7) is 15.4. The highest BCUT2D eigenvalue weighted by Gasteiger charge is 2.22. The van der Waals surface area contributed by atoms with E-state index in [4.69, 9.17) is 14.5 Å². The second-order valence-corrected chi connectivity index (χ2v) is 12.4. The Bertz CT molecular complexity index is 1520. The number of aryl methyl sites for hydroxylation is 2. The summed E-state index contributed by atoms with van der Waals surface area (Å²) in [5.41, 5.74) is 5.09. The summed E-state index contributed by atoms with van der Waals surface area (Å²) in [5, 5.41) is 4.01. The van der Waals surface area contributed by atoms with Gasteiger partial charge >= 0.3 is 0 Å². The first-order valence-electron chi connectivity index (χ1n) is 15.3. The van der Waals surface area contributed by atoms with E-state index in [-0.39, 0.29) is 17.1 Å². The molecule has 5 nitrogen and oxygen atoms in total. The number of benzene rings is 3. The van der Waals surface area contributed by atoms with Crippen LogP contribution < -0.4 is 14.8 Å². The van der Waals surface area contributed by atoms with E-state index in [1.54, 1.807) is 0 Å². The summed E-state index contributed by atoms with van der Waals surface area (Å²) in [6.07, 6.45) is 4.46. The van der Waals surface area contributed by atoms with Gasteiger partial charge in [-0.3, -0.25) is 4.79 Å². The molecular formula is C37H46N2O3. The molecule has 5 heteroatoms. The average Bonchev–Trinajstić information content (AvgIpc) is 2.97. The maximum Gasteiger partial charge on any atom is 0.252 e. The number of nitrogens with one attached hydrogen (secondary N) is 1. The van der Waals surface area contributed by atoms with Gasteiger partial charge in [0.15, 0.2) is 0 Å². The monoisotopic (exact) mass is 566 g/mol. The number of ether oxygens (including phenoxy) is 2. The molecule has 0 aliphatic heterocycles. The van der Waals surface area contributed by atoms with E-state index in [1.807, 2.05) is 54.6 Å². The lowest BCUT2D eigenvalue weighted by atomic mass is 10.0. The number of carbonyl (C=O) groups is 1. The number of carbonyl (C=O) groups excluding carboxylic acids is 1. The molecule has 0 spiro atoms. The van der Waals surface area contributed by atoms with Crippen molar-refractivity contribution in [3.05, 3.63) is 89.5 Å². The number of nitrogens with zero attached hydrogens (tertiary/aromatic N) is 1. The van der Waals surface area contributed by atoms with Crippen LogP contribution in [0.15, 0.2) is 72.8 Å². The minimum atomic E-state index is -0.272. The molecular weight excluding hydrogens is 520 g/mol. The van der Waals surface area contributed by atoms with E-state index in [0.717, 1.165) is 76.9 Å². The zero-order valence-electron chi connectivity index (χ0n) is 26.3. The lowest BCUT2D eigenvalue weighted by Crippen LogP contribution is -2.28. The highest BCUT2D eigenvalue weighted by molar-refractivity contribution is 6.07. The van der Waals surface area contributed by atoms with Gasteiger partial charge in [-0.1, -0.05) is 61.9 Å². The van der Waals surface area contributed by atoms with Crippen molar-refractivity contribution in [2.45, 2.75) is 91.8 Å². The predicted octanol–water partition coefficient (Wildman–Crippen LogP) is 9.10. The summed E-state index contributed by atoms with van der Waals surface area (Å²) in [6, 6.07) is 24.2. The molecule has 42 heavy (non-hydrogen) atoms. The number of para-hydroxylation sites is 1. The minimum Gasteiger partial charge on any atom is -0.488 e. The van der Waals surface area contributed by atoms with Crippen LogP contribution in [0.1, 0.15) is 88.7 Å². The van der Waals surface area contributed by atoms with E-state index >= 15 is 0 Å². The largest absolute Gasteiger partial charge is 0.488 e. The Balaban J connectivity index is 1.43. The van der Waals surface area contributed by atoms with Crippen molar-refractivity contribution < 1.29 is 14.3 Å². The number of fused-ring (bicyclic) bond motifs is 1. The van der Waals surface area contributed by atoms with Gasteiger partial charge in [-0.15, -0.1) is 0 Å². The standard InChI is InChI=1S/C37H46N2O3/c1-8-36(4,5)41-29-21-20-27(34(24-29)42-37(6,7)9-2)16-12-13-22-38-35(40)31-25-33(28-17-14-15-26(3)23-28)39-32-19-11-10-18-30(31)32/h10-11,14-15,17-21,23-25H,8-9,12-13,16,22H2,1-7H3,(H,38,40). The minimum absolute atomic E-state index is 0.0729. The number of aromatic nitrogens is 1. The van der Waals surface area contributed by atoms with Crippen LogP contribution in [0.2, 0.25) is 0 Å². The Morgan fingerprint density at radius 2 is 1.57 bits per heavy atom. The third-order valence-electron chi connectivity index (χ3n) is 7.96. The van der Waals surface area contributed by atoms with E-state index in [0.29, 0.717) is 12.1 Å². The van der Waals surface area contributed by atoms with E-state index < -0.39 is 0 Å². The fourth-order valence-corrected chi connectivity index (χ4v) is 4.71. The van der Waals surface area contributed by atoms with Crippen LogP contribution in [0.25, 0.3) is 22.2 Å². The molecule has 0 bridgehead atoms. The first-order chi connectivity index (χ1) is 20.0. The van der Waals surface area contributed by atoms with Gasteiger partial charge in [0.2, 0.25) is 0 Å². The summed E-state index contributed by atoms with van der Waals surface area (Å²) in [7, 11) is 0. The van der Waals surface area contributed by atoms with Gasteiger partial charge < -0.3 is 14.8 Å². The molecule has 0 aliphatic carbocycles. The molecule has 4 aromatic rings. The zero-order valence-corrected chi connectivity index (χ0v) is 26.3. The van der Waals surface area contributed by atoms with Crippen molar-refractivity contribution in [1.82, 2.24) is 10.3 Å². The van der Waals surface area contributed by atoms with Crippen LogP contribution in [0.5, 0.6) is 11.5 Å². The zero-order chi connectivity index (χ0) is 30.3. The fourth-order valence-electron chi connectivity index (χ4n) is 4.71. The topological polar surface area (TPSA) is 60.5 Å². The molecule has 3 aromatic carbocycles. The van der Waals surface area contributed by atoms with Gasteiger partial charge in [0.05, 0.1) is 16.8 Å². The van der Waals surface area contributed by atoms with Crippen molar-refractivity contribution in [2.24, 2.45) is 0 Å². The Labute approximate surface area is 251 Å². The highest BCUT2D eigenvalue weighted by Crippen LogP contribution is 2.32. The maximum atomic E-state index is 13.4. The molecule has 1 aromatic heterocycles. The molecule has 222 valence electrons. The number of amides is 1. The molecule has 1 N–H and O–H groups in total. The van der Waals surface area contributed by atoms with Crippen molar-refractivity contribution >= 4 is 16.8 Å². The fraction of sp³-hybridized carbons (Fsp3) is 0.405. The normalized spacial score (nSPS) is 11.9. The Kier molecular flexibility index (Phi) is 9.93. The van der Waals surface area contributed by atoms with Crippen LogP contribution in [-0.2, 0) is 6.42 Å².